The van der Waals surface area contributed by atoms with Gasteiger partial charge in [0.25, 0.3) is 0 Å². The zero-order valence-electron chi connectivity index (χ0n) is 46.5. The van der Waals surface area contributed by atoms with Gasteiger partial charge in [0.1, 0.15) is 60.4 Å². The van der Waals surface area contributed by atoms with E-state index >= 15 is 0 Å². The maximum absolute atomic E-state index is 14.3. The number of hydrogen-bond acceptors (Lipinski definition) is 19. The molecule has 1 heterocycles. The molecule has 1 fully saturated rings. The van der Waals surface area contributed by atoms with Crippen molar-refractivity contribution in [3.8, 4) is 0 Å². The number of nitrogens with one attached hydrogen (secondary N) is 11. The van der Waals surface area contributed by atoms with Gasteiger partial charge in [0.05, 0.1) is 24.9 Å². The Morgan fingerprint density at radius 1 is 0.580 bits per heavy atom. The molecule has 0 spiro atoms. The minimum Gasteiger partial charge on any atom is -0.394 e. The summed E-state index contributed by atoms with van der Waals surface area (Å²) in [7, 11) is 0. The summed E-state index contributed by atoms with van der Waals surface area (Å²) in [5.74, 6) is -11.0. The minimum absolute atomic E-state index is 0.0480. The smallest absolute Gasteiger partial charge is 0.245 e. The molecule has 30 heteroatoms. The van der Waals surface area contributed by atoms with Crippen molar-refractivity contribution in [2.75, 3.05) is 39.3 Å². The molecule has 456 valence electrons. The van der Waals surface area contributed by atoms with E-state index in [4.69, 9.17) is 22.9 Å². The van der Waals surface area contributed by atoms with Crippen LogP contribution in [0.4, 0.5) is 0 Å². The van der Waals surface area contributed by atoms with Crippen LogP contribution in [0.25, 0.3) is 0 Å². The predicted octanol–water partition coefficient (Wildman–Crippen LogP) is -7.90. The number of carbonyl (C=O) groups excluding carboxylic acids is 11. The van der Waals surface area contributed by atoms with Crippen LogP contribution in [-0.4, -0.2) is 203 Å². The Labute approximate surface area is 470 Å². The van der Waals surface area contributed by atoms with Crippen molar-refractivity contribution in [1.29, 1.82) is 0 Å². The molecule has 0 bridgehead atoms. The molecule has 11 amide bonds. The summed E-state index contributed by atoms with van der Waals surface area (Å²) < 4.78 is 0. The molecule has 1 aromatic carbocycles. The van der Waals surface area contributed by atoms with Crippen LogP contribution in [0.1, 0.15) is 97.5 Å². The van der Waals surface area contributed by atoms with E-state index in [1.54, 1.807) is 30.3 Å². The molecule has 0 aromatic heterocycles. The topological polar surface area (TPSA) is 505 Å². The second kappa shape index (κ2) is 37.2. The van der Waals surface area contributed by atoms with Crippen molar-refractivity contribution in [2.24, 2.45) is 22.9 Å². The van der Waals surface area contributed by atoms with Crippen LogP contribution in [0.15, 0.2) is 30.3 Å². The van der Waals surface area contributed by atoms with Gasteiger partial charge in [-0.1, -0.05) is 56.5 Å². The van der Waals surface area contributed by atoms with Crippen LogP contribution in [0.3, 0.4) is 0 Å². The molecule has 0 saturated carbocycles. The standard InChI is InChI=1S/C51H87N15O15/c1-5-6-7-11-14-38(71)57-31(15-20-52)45(75)65-41(29(4)70)51(81)63-37(26-67)48(78)60-35-19-24-56-49(79)39(27(2)68)64-46(76)34(18-23-55)59-42(72)33(17-22-54)61-50(80)40(28(3)69)66-47(77)36(25-30-12-9-8-10-13-30)62-43(73)32(16-21-53)58-44(35)74/h8-10,12-13,27-29,31-37,39-41,67-70H,5-7,11,14-26,52-55H2,1-4H3,(H,56,79)(H,57,71)(H,58,74)(H,59,72)(H,60,78)(H,61,80)(H,62,73)(H,63,81)(H,64,76)(H,65,75)(H,66,77)/t27-,28-,29-,31+,32+,33+,34+,35+,36-,37-,39+,40+,41+/m1/s1. The normalized spacial score (nSPS) is 23.4. The van der Waals surface area contributed by atoms with Gasteiger partial charge in [0, 0.05) is 19.4 Å². The van der Waals surface area contributed by atoms with Crippen LogP contribution in [0.5, 0.6) is 0 Å². The van der Waals surface area contributed by atoms with Crippen molar-refractivity contribution < 1.29 is 73.2 Å². The molecule has 13 atom stereocenters. The second-order valence-electron chi connectivity index (χ2n) is 19.7. The fourth-order valence-corrected chi connectivity index (χ4v) is 8.28. The highest BCUT2D eigenvalue weighted by atomic mass is 16.3. The van der Waals surface area contributed by atoms with Gasteiger partial charge in [-0.2, -0.15) is 0 Å². The van der Waals surface area contributed by atoms with Crippen LogP contribution >= 0.6 is 0 Å². The minimum atomic E-state index is -1.91. The molecule has 2 rings (SSSR count). The molecule has 23 N–H and O–H groups in total. The highest BCUT2D eigenvalue weighted by Gasteiger charge is 2.38. The molecular weight excluding hydrogens is 1060 g/mol. The molecule has 0 aliphatic carbocycles. The highest BCUT2D eigenvalue weighted by Crippen LogP contribution is 2.10. The average Bonchev–Trinajstić information content (AvgIpc) is 3.41. The lowest BCUT2D eigenvalue weighted by atomic mass is 10.0. The van der Waals surface area contributed by atoms with Gasteiger partial charge in [-0.15, -0.1) is 0 Å². The summed E-state index contributed by atoms with van der Waals surface area (Å²) in [4.78, 5) is 152. The molecule has 1 aliphatic rings. The first-order valence-corrected chi connectivity index (χ1v) is 27.3. The maximum atomic E-state index is 14.3. The zero-order chi connectivity index (χ0) is 60.8. The van der Waals surface area contributed by atoms with Gasteiger partial charge < -0.3 is 102 Å². The third-order valence-electron chi connectivity index (χ3n) is 12.9. The lowest BCUT2D eigenvalue weighted by Crippen LogP contribution is -2.63. The number of carbonyl (C=O) groups is 11. The number of nitrogens with two attached hydrogens (primary N) is 4. The number of unbranched alkanes of at least 4 members (excludes halogenated alkanes) is 3. The highest BCUT2D eigenvalue weighted by molar-refractivity contribution is 5.99. The first-order valence-electron chi connectivity index (χ1n) is 27.3. The van der Waals surface area contributed by atoms with Gasteiger partial charge in [-0.05, 0) is 91.0 Å². The molecule has 1 aliphatic heterocycles. The Balaban J connectivity index is 2.65. The predicted molar refractivity (Wildman–Crippen MR) is 293 cm³/mol. The van der Waals surface area contributed by atoms with E-state index in [2.05, 4.69) is 58.5 Å². The third-order valence-corrected chi connectivity index (χ3v) is 12.9. The Kier molecular flexibility index (Phi) is 32.2. The number of aliphatic hydroxyl groups excluding tert-OH is 4. The Bertz CT molecular complexity index is 2230. The number of aliphatic hydroxyl groups is 4. The van der Waals surface area contributed by atoms with E-state index in [0.29, 0.717) is 12.0 Å². The number of benzene rings is 1. The number of hydrogen-bond donors (Lipinski definition) is 19. The molecule has 1 aromatic rings. The summed E-state index contributed by atoms with van der Waals surface area (Å²) in [6.45, 7) is 3.15. The first-order chi connectivity index (χ1) is 38.5. The molecule has 0 radical (unpaired) electrons. The quantitative estimate of drug-likeness (QED) is 0.0383. The molecule has 30 nitrogen and oxygen atoms in total. The summed E-state index contributed by atoms with van der Waals surface area (Å²) in [6.07, 6.45) is -3.11. The maximum Gasteiger partial charge on any atom is 0.245 e. The van der Waals surface area contributed by atoms with Crippen molar-refractivity contribution in [2.45, 2.75) is 177 Å². The van der Waals surface area contributed by atoms with E-state index in [9.17, 15) is 73.2 Å². The molecule has 81 heavy (non-hydrogen) atoms. The summed E-state index contributed by atoms with van der Waals surface area (Å²) in [5.41, 5.74) is 23.6. The Morgan fingerprint density at radius 2 is 1.09 bits per heavy atom. The molecule has 0 unspecified atom stereocenters. The van der Waals surface area contributed by atoms with E-state index in [-0.39, 0.29) is 64.7 Å². The van der Waals surface area contributed by atoms with Crippen LogP contribution in [0, 0.1) is 0 Å². The molecular formula is C51H87N15O15. The van der Waals surface area contributed by atoms with Gasteiger partial charge in [-0.3, -0.25) is 52.7 Å². The van der Waals surface area contributed by atoms with Crippen molar-refractivity contribution in [3.63, 3.8) is 0 Å². The van der Waals surface area contributed by atoms with E-state index in [1.807, 2.05) is 6.92 Å². The zero-order valence-corrected chi connectivity index (χ0v) is 46.5. The van der Waals surface area contributed by atoms with E-state index < -0.39 is 163 Å². The lowest BCUT2D eigenvalue weighted by Gasteiger charge is -2.29. The van der Waals surface area contributed by atoms with Crippen LogP contribution in [-0.2, 0) is 59.2 Å². The van der Waals surface area contributed by atoms with E-state index in [1.165, 1.54) is 6.92 Å². The second-order valence-corrected chi connectivity index (χ2v) is 19.7. The summed E-state index contributed by atoms with van der Waals surface area (Å²) in [5, 5.41) is 69.1. The molecule has 1 saturated heterocycles. The average molecular weight is 1150 g/mol. The van der Waals surface area contributed by atoms with Gasteiger partial charge >= 0.3 is 0 Å². The Morgan fingerprint density at radius 3 is 1.59 bits per heavy atom. The lowest BCUT2D eigenvalue weighted by molar-refractivity contribution is -0.137. The fraction of sp³-hybridized carbons (Fsp3) is 0.667. The summed E-state index contributed by atoms with van der Waals surface area (Å²) in [6, 6.07) is -7.99. The van der Waals surface area contributed by atoms with Crippen molar-refractivity contribution >= 4 is 65.0 Å². The number of rotatable bonds is 26. The van der Waals surface area contributed by atoms with Crippen molar-refractivity contribution in [1.82, 2.24) is 58.5 Å². The Hall–Kier alpha value is -6.93. The number of amides is 11. The van der Waals surface area contributed by atoms with Crippen molar-refractivity contribution in [3.05, 3.63) is 35.9 Å². The van der Waals surface area contributed by atoms with E-state index in [0.717, 1.165) is 33.1 Å². The van der Waals surface area contributed by atoms with Gasteiger partial charge in [0.2, 0.25) is 65.0 Å². The van der Waals surface area contributed by atoms with Gasteiger partial charge in [-0.25, -0.2) is 0 Å². The first kappa shape index (κ1) is 70.2. The third kappa shape index (κ3) is 24.4. The SMILES string of the molecule is CCCCCCC(=O)N[C@@H](CCN)C(=O)N[C@H](C(=O)N[C@H](CO)C(=O)N[C@H]1CCNC(=O)[C@H]([C@@H](C)O)NC(=O)[C@H](CCN)NC(=O)[C@H](CCN)NC(=O)[C@H]([C@@H](C)O)NC(=O)[C@@H](Cc2ccccc2)NC(=O)[C@H](CCN)NC1=O)[C@@H](C)O. The summed E-state index contributed by atoms with van der Waals surface area (Å²) >= 11 is 0. The van der Waals surface area contributed by atoms with Crippen LogP contribution in [0.2, 0.25) is 0 Å². The van der Waals surface area contributed by atoms with Gasteiger partial charge in [0.15, 0.2) is 0 Å². The largest absolute Gasteiger partial charge is 0.394 e. The monoisotopic (exact) mass is 1150 g/mol. The fourth-order valence-electron chi connectivity index (χ4n) is 8.28. The van der Waals surface area contributed by atoms with Crippen LogP contribution < -0.4 is 81.4 Å².